The molecule has 4 heterocycles. The van der Waals surface area contributed by atoms with Gasteiger partial charge < -0.3 is 15.5 Å². The lowest BCUT2D eigenvalue weighted by atomic mass is 10.2. The summed E-state index contributed by atoms with van der Waals surface area (Å²) in [7, 11) is 0. The van der Waals surface area contributed by atoms with Gasteiger partial charge in [-0.1, -0.05) is 6.07 Å². The van der Waals surface area contributed by atoms with Gasteiger partial charge in [0.25, 0.3) is 0 Å². The van der Waals surface area contributed by atoms with Crippen molar-refractivity contribution in [3.05, 3.63) is 49.0 Å². The highest BCUT2D eigenvalue weighted by molar-refractivity contribution is 5.93. The minimum atomic E-state index is -0.277. The molecule has 4 aromatic heterocycles. The molecule has 0 aliphatic rings. The number of nitrogen functional groups attached to an aromatic ring is 1. The van der Waals surface area contributed by atoms with Gasteiger partial charge in [0.1, 0.15) is 18.1 Å². The maximum absolute atomic E-state index is 12.2. The number of furan rings is 1. The molecule has 0 spiro atoms. The van der Waals surface area contributed by atoms with E-state index in [0.29, 0.717) is 28.3 Å². The van der Waals surface area contributed by atoms with Gasteiger partial charge in [-0.25, -0.2) is 14.6 Å². The SMILES string of the molecule is Nc1nc(-c2ccco2)c2cnn(CC(=O)Nc3ccccn3)c2n1. The van der Waals surface area contributed by atoms with Crippen LogP contribution in [0.3, 0.4) is 0 Å². The van der Waals surface area contributed by atoms with Gasteiger partial charge in [0.05, 0.1) is 17.8 Å². The van der Waals surface area contributed by atoms with E-state index < -0.39 is 0 Å². The molecule has 9 heteroatoms. The van der Waals surface area contributed by atoms with E-state index in [1.165, 1.54) is 4.68 Å². The Kier molecular flexibility index (Phi) is 3.58. The van der Waals surface area contributed by atoms with Crippen molar-refractivity contribution in [3.63, 3.8) is 0 Å². The first-order valence-electron chi connectivity index (χ1n) is 7.44. The van der Waals surface area contributed by atoms with Crippen LogP contribution in [0.2, 0.25) is 0 Å². The second-order valence-electron chi connectivity index (χ2n) is 5.21. The van der Waals surface area contributed by atoms with E-state index in [2.05, 4.69) is 25.4 Å². The molecule has 0 unspecified atom stereocenters. The van der Waals surface area contributed by atoms with Gasteiger partial charge in [0.2, 0.25) is 11.9 Å². The number of fused-ring (bicyclic) bond motifs is 1. The number of aromatic nitrogens is 5. The Hall–Kier alpha value is -3.75. The monoisotopic (exact) mass is 335 g/mol. The molecule has 0 atom stereocenters. The molecule has 0 aromatic carbocycles. The molecular weight excluding hydrogens is 322 g/mol. The Morgan fingerprint density at radius 2 is 2.16 bits per heavy atom. The summed E-state index contributed by atoms with van der Waals surface area (Å²) in [6.45, 7) is -0.0336. The van der Waals surface area contributed by atoms with E-state index in [-0.39, 0.29) is 18.4 Å². The summed E-state index contributed by atoms with van der Waals surface area (Å²) in [4.78, 5) is 24.7. The molecule has 0 bridgehead atoms. The standard InChI is InChI=1S/C16H13N7O2/c17-16-21-14(11-4-3-7-25-11)10-8-19-23(15(10)22-16)9-13(24)20-12-5-1-2-6-18-12/h1-8H,9H2,(H2,17,21,22)(H,18,20,24). The van der Waals surface area contributed by atoms with Crippen LogP contribution in [0.15, 0.2) is 53.4 Å². The predicted octanol–water partition coefficient (Wildman–Crippen LogP) is 1.70. The minimum absolute atomic E-state index is 0.0336. The predicted molar refractivity (Wildman–Crippen MR) is 90.3 cm³/mol. The summed E-state index contributed by atoms with van der Waals surface area (Å²) in [6.07, 6.45) is 4.73. The van der Waals surface area contributed by atoms with E-state index in [1.54, 1.807) is 49.0 Å². The lowest BCUT2D eigenvalue weighted by molar-refractivity contribution is -0.116. The van der Waals surface area contributed by atoms with Gasteiger partial charge in [0, 0.05) is 6.20 Å². The quantitative estimate of drug-likeness (QED) is 0.581. The maximum Gasteiger partial charge on any atom is 0.247 e. The van der Waals surface area contributed by atoms with Gasteiger partial charge in [-0.15, -0.1) is 0 Å². The third kappa shape index (κ3) is 2.90. The smallest absolute Gasteiger partial charge is 0.247 e. The minimum Gasteiger partial charge on any atom is -0.463 e. The van der Waals surface area contributed by atoms with Crippen molar-refractivity contribution in [1.82, 2.24) is 24.7 Å². The molecule has 4 aromatic rings. The largest absolute Gasteiger partial charge is 0.463 e. The number of nitrogens with one attached hydrogen (secondary N) is 1. The molecule has 0 radical (unpaired) electrons. The molecule has 25 heavy (non-hydrogen) atoms. The van der Waals surface area contributed by atoms with Crippen LogP contribution in [-0.4, -0.2) is 30.6 Å². The van der Waals surface area contributed by atoms with E-state index in [0.717, 1.165) is 0 Å². The van der Waals surface area contributed by atoms with Gasteiger partial charge >= 0.3 is 0 Å². The molecule has 4 rings (SSSR count). The van der Waals surface area contributed by atoms with Crippen molar-refractivity contribution < 1.29 is 9.21 Å². The Morgan fingerprint density at radius 1 is 1.24 bits per heavy atom. The fourth-order valence-corrected chi connectivity index (χ4v) is 2.44. The zero-order valence-electron chi connectivity index (χ0n) is 13.0. The highest BCUT2D eigenvalue weighted by Crippen LogP contribution is 2.26. The highest BCUT2D eigenvalue weighted by atomic mass is 16.3. The van der Waals surface area contributed by atoms with E-state index in [9.17, 15) is 4.79 Å². The highest BCUT2D eigenvalue weighted by Gasteiger charge is 2.16. The van der Waals surface area contributed by atoms with Crippen molar-refractivity contribution >= 4 is 28.7 Å². The van der Waals surface area contributed by atoms with Crippen molar-refractivity contribution in [3.8, 4) is 11.5 Å². The van der Waals surface area contributed by atoms with Crippen molar-refractivity contribution in [2.24, 2.45) is 0 Å². The van der Waals surface area contributed by atoms with E-state index in [4.69, 9.17) is 10.2 Å². The van der Waals surface area contributed by atoms with Crippen LogP contribution in [-0.2, 0) is 11.3 Å². The lowest BCUT2D eigenvalue weighted by Gasteiger charge is -2.06. The molecule has 124 valence electrons. The molecule has 0 fully saturated rings. The molecule has 0 aliphatic carbocycles. The second kappa shape index (κ2) is 6.04. The van der Waals surface area contributed by atoms with Gasteiger partial charge in [0.15, 0.2) is 11.4 Å². The number of hydrogen-bond acceptors (Lipinski definition) is 7. The molecule has 0 saturated heterocycles. The molecular formula is C16H13N7O2. The molecule has 0 aliphatic heterocycles. The zero-order chi connectivity index (χ0) is 17.2. The number of amides is 1. The molecule has 9 nitrogen and oxygen atoms in total. The van der Waals surface area contributed by atoms with Crippen molar-refractivity contribution in [1.29, 1.82) is 0 Å². The van der Waals surface area contributed by atoms with Crippen LogP contribution in [0.5, 0.6) is 0 Å². The normalized spacial score (nSPS) is 10.9. The van der Waals surface area contributed by atoms with Crippen LogP contribution >= 0.6 is 0 Å². The average Bonchev–Trinajstić information content (AvgIpc) is 3.26. The van der Waals surface area contributed by atoms with E-state index >= 15 is 0 Å². The third-order valence-corrected chi connectivity index (χ3v) is 3.49. The summed E-state index contributed by atoms with van der Waals surface area (Å²) in [5.74, 6) is 0.817. The van der Waals surface area contributed by atoms with Crippen LogP contribution in [0.1, 0.15) is 0 Å². The Bertz CT molecular complexity index is 1030. The number of hydrogen-bond donors (Lipinski definition) is 2. The second-order valence-corrected chi connectivity index (χ2v) is 5.21. The Labute approximate surface area is 141 Å². The number of anilines is 2. The maximum atomic E-state index is 12.2. The van der Waals surface area contributed by atoms with Gasteiger partial charge in [-0.2, -0.15) is 10.1 Å². The number of pyridine rings is 1. The van der Waals surface area contributed by atoms with Crippen LogP contribution in [0, 0.1) is 0 Å². The van der Waals surface area contributed by atoms with Crippen molar-refractivity contribution in [2.75, 3.05) is 11.1 Å². The summed E-state index contributed by atoms with van der Waals surface area (Å²) >= 11 is 0. The number of carbonyl (C=O) groups excluding carboxylic acids is 1. The van der Waals surface area contributed by atoms with Crippen LogP contribution < -0.4 is 11.1 Å². The molecule has 1 amide bonds. The molecule has 0 saturated carbocycles. The van der Waals surface area contributed by atoms with Crippen LogP contribution in [0.25, 0.3) is 22.5 Å². The van der Waals surface area contributed by atoms with Gasteiger partial charge in [-0.3, -0.25) is 4.79 Å². The first-order valence-corrected chi connectivity index (χ1v) is 7.44. The summed E-state index contributed by atoms with van der Waals surface area (Å²) in [6, 6.07) is 8.78. The third-order valence-electron chi connectivity index (χ3n) is 3.49. The van der Waals surface area contributed by atoms with Gasteiger partial charge in [-0.05, 0) is 24.3 Å². The Morgan fingerprint density at radius 3 is 2.92 bits per heavy atom. The number of carbonyl (C=O) groups is 1. The zero-order valence-corrected chi connectivity index (χ0v) is 13.0. The molecule has 3 N–H and O–H groups in total. The topological polar surface area (TPSA) is 125 Å². The Balaban J connectivity index is 1.66. The fraction of sp³-hybridized carbons (Fsp3) is 0.0625. The number of nitrogens with two attached hydrogens (primary N) is 1. The number of nitrogens with zero attached hydrogens (tertiary/aromatic N) is 5. The summed E-state index contributed by atoms with van der Waals surface area (Å²) in [5, 5.41) is 7.57. The first kappa shape index (κ1) is 14.8. The van der Waals surface area contributed by atoms with Crippen LogP contribution in [0.4, 0.5) is 11.8 Å². The average molecular weight is 335 g/mol. The van der Waals surface area contributed by atoms with Crippen molar-refractivity contribution in [2.45, 2.75) is 6.54 Å². The summed E-state index contributed by atoms with van der Waals surface area (Å²) in [5.41, 5.74) is 6.78. The summed E-state index contributed by atoms with van der Waals surface area (Å²) < 4.78 is 6.84. The fourth-order valence-electron chi connectivity index (χ4n) is 2.44. The lowest BCUT2D eigenvalue weighted by Crippen LogP contribution is -2.20. The number of rotatable bonds is 4. The van der Waals surface area contributed by atoms with E-state index in [1.807, 2.05) is 0 Å². The first-order chi connectivity index (χ1) is 12.2.